The Kier molecular flexibility index (Phi) is 3.54. The van der Waals surface area contributed by atoms with Gasteiger partial charge in [0.05, 0.1) is 0 Å². The van der Waals surface area contributed by atoms with Crippen molar-refractivity contribution in [2.45, 2.75) is 77.0 Å². The standard InChI is InChI=1S/C16H28/c1-3-7-13-11-15-9-5-2-6-10-16(15)12-14(13)8-4-1/h13-16H,1-12H2. The minimum absolute atomic E-state index is 1.14. The van der Waals surface area contributed by atoms with Gasteiger partial charge < -0.3 is 0 Å². The molecular weight excluding hydrogens is 192 g/mol. The second-order valence-corrected chi connectivity index (χ2v) is 6.79. The minimum atomic E-state index is 1.14. The lowest BCUT2D eigenvalue weighted by Crippen LogP contribution is -2.30. The molecule has 0 aromatic heterocycles. The Labute approximate surface area is 101 Å². The molecule has 0 bridgehead atoms. The van der Waals surface area contributed by atoms with Gasteiger partial charge in [-0.3, -0.25) is 0 Å². The second-order valence-electron chi connectivity index (χ2n) is 6.79. The number of fused-ring (bicyclic) bond motifs is 2. The van der Waals surface area contributed by atoms with Crippen molar-refractivity contribution in [1.82, 2.24) is 0 Å². The summed E-state index contributed by atoms with van der Waals surface area (Å²) in [6.45, 7) is 0. The summed E-state index contributed by atoms with van der Waals surface area (Å²) >= 11 is 0. The number of hydrogen-bond donors (Lipinski definition) is 0. The zero-order chi connectivity index (χ0) is 10.8. The van der Waals surface area contributed by atoms with Crippen LogP contribution in [-0.2, 0) is 0 Å². The van der Waals surface area contributed by atoms with Gasteiger partial charge in [0.15, 0.2) is 0 Å². The predicted octanol–water partition coefficient (Wildman–Crippen LogP) is 5.17. The summed E-state index contributed by atoms with van der Waals surface area (Å²) in [5.74, 6) is 4.56. The van der Waals surface area contributed by atoms with Crippen LogP contribution in [-0.4, -0.2) is 0 Å². The topological polar surface area (TPSA) is 0 Å². The maximum atomic E-state index is 1.62. The van der Waals surface area contributed by atoms with Gasteiger partial charge in [-0.15, -0.1) is 0 Å². The first kappa shape index (κ1) is 11.1. The van der Waals surface area contributed by atoms with E-state index < -0.39 is 0 Å². The molecule has 4 unspecified atom stereocenters. The molecule has 0 amide bonds. The average Bonchev–Trinajstić information content (AvgIpc) is 2.64. The fraction of sp³-hybridized carbons (Fsp3) is 1.00. The highest BCUT2D eigenvalue weighted by atomic mass is 14.4. The molecule has 0 spiro atoms. The van der Waals surface area contributed by atoms with Gasteiger partial charge in [-0.1, -0.05) is 64.2 Å². The van der Waals surface area contributed by atoms with Crippen LogP contribution < -0.4 is 0 Å². The molecule has 0 heteroatoms. The molecule has 0 heterocycles. The Hall–Kier alpha value is 0. The molecule has 3 rings (SSSR count). The van der Waals surface area contributed by atoms with E-state index in [0.717, 1.165) is 23.7 Å². The van der Waals surface area contributed by atoms with Crippen LogP contribution in [0.5, 0.6) is 0 Å². The van der Waals surface area contributed by atoms with Crippen LogP contribution in [0.15, 0.2) is 0 Å². The lowest BCUT2D eigenvalue weighted by molar-refractivity contribution is 0.0998. The summed E-state index contributed by atoms with van der Waals surface area (Å²) in [7, 11) is 0. The maximum Gasteiger partial charge on any atom is -0.0383 e. The van der Waals surface area contributed by atoms with Crippen LogP contribution in [0.2, 0.25) is 0 Å². The van der Waals surface area contributed by atoms with Crippen LogP contribution >= 0.6 is 0 Å². The monoisotopic (exact) mass is 220 g/mol. The van der Waals surface area contributed by atoms with Crippen molar-refractivity contribution >= 4 is 0 Å². The fourth-order valence-corrected chi connectivity index (χ4v) is 4.94. The van der Waals surface area contributed by atoms with Crippen molar-refractivity contribution in [1.29, 1.82) is 0 Å². The van der Waals surface area contributed by atoms with E-state index in [1.165, 1.54) is 12.8 Å². The van der Waals surface area contributed by atoms with E-state index in [0.29, 0.717) is 0 Å². The van der Waals surface area contributed by atoms with Gasteiger partial charge in [-0.2, -0.15) is 0 Å². The fourth-order valence-electron chi connectivity index (χ4n) is 4.94. The largest absolute Gasteiger partial charge is 0.0533 e. The summed E-state index contributed by atoms with van der Waals surface area (Å²) in [6, 6.07) is 0. The Morgan fingerprint density at radius 1 is 0.375 bits per heavy atom. The molecule has 3 saturated carbocycles. The van der Waals surface area contributed by atoms with Gasteiger partial charge in [0, 0.05) is 0 Å². The van der Waals surface area contributed by atoms with Gasteiger partial charge in [0.25, 0.3) is 0 Å². The zero-order valence-corrected chi connectivity index (χ0v) is 10.8. The molecule has 0 aromatic carbocycles. The van der Waals surface area contributed by atoms with Crippen molar-refractivity contribution in [3.63, 3.8) is 0 Å². The normalized spacial score (nSPS) is 45.0. The maximum absolute atomic E-state index is 1.62. The van der Waals surface area contributed by atoms with Crippen molar-refractivity contribution in [2.24, 2.45) is 23.7 Å². The summed E-state index contributed by atoms with van der Waals surface area (Å²) in [5.41, 5.74) is 0. The number of hydrogen-bond acceptors (Lipinski definition) is 0. The van der Waals surface area contributed by atoms with Crippen LogP contribution in [0.3, 0.4) is 0 Å². The quantitative estimate of drug-likeness (QED) is 0.528. The van der Waals surface area contributed by atoms with Crippen LogP contribution in [0, 0.1) is 23.7 Å². The summed E-state index contributed by atoms with van der Waals surface area (Å²) in [6.07, 6.45) is 18.8. The van der Waals surface area contributed by atoms with E-state index in [1.54, 1.807) is 64.2 Å². The molecule has 16 heavy (non-hydrogen) atoms. The molecule has 0 N–H and O–H groups in total. The van der Waals surface area contributed by atoms with E-state index >= 15 is 0 Å². The average molecular weight is 220 g/mol. The molecule has 3 aliphatic carbocycles. The molecule has 0 nitrogen and oxygen atoms in total. The SMILES string of the molecule is C1CCC2CC3CCCCCC3CC2CC1. The minimum Gasteiger partial charge on any atom is -0.0533 e. The third kappa shape index (κ3) is 2.31. The highest BCUT2D eigenvalue weighted by Crippen LogP contribution is 2.48. The molecule has 0 aromatic rings. The Morgan fingerprint density at radius 2 is 0.688 bits per heavy atom. The smallest absolute Gasteiger partial charge is 0.0383 e. The Balaban J connectivity index is 1.68. The lowest BCUT2D eigenvalue weighted by Gasteiger charge is -2.40. The van der Waals surface area contributed by atoms with Gasteiger partial charge in [-0.25, -0.2) is 0 Å². The van der Waals surface area contributed by atoms with E-state index in [1.807, 2.05) is 0 Å². The highest BCUT2D eigenvalue weighted by molar-refractivity contribution is 4.88. The molecule has 3 fully saturated rings. The molecule has 0 saturated heterocycles. The van der Waals surface area contributed by atoms with Crippen molar-refractivity contribution in [3.05, 3.63) is 0 Å². The lowest BCUT2D eigenvalue weighted by atomic mass is 9.65. The Morgan fingerprint density at radius 3 is 1.00 bits per heavy atom. The van der Waals surface area contributed by atoms with Crippen molar-refractivity contribution in [3.8, 4) is 0 Å². The van der Waals surface area contributed by atoms with E-state index in [-0.39, 0.29) is 0 Å². The van der Waals surface area contributed by atoms with Gasteiger partial charge in [0.1, 0.15) is 0 Å². The molecule has 0 aliphatic heterocycles. The molecule has 3 aliphatic rings. The van der Waals surface area contributed by atoms with Crippen LogP contribution in [0.4, 0.5) is 0 Å². The molecule has 0 radical (unpaired) electrons. The third-order valence-corrected chi connectivity index (χ3v) is 5.84. The first-order chi connectivity index (χ1) is 7.93. The van der Waals surface area contributed by atoms with E-state index in [2.05, 4.69) is 0 Å². The second kappa shape index (κ2) is 5.10. The van der Waals surface area contributed by atoms with Gasteiger partial charge >= 0.3 is 0 Å². The van der Waals surface area contributed by atoms with Gasteiger partial charge in [-0.05, 0) is 36.5 Å². The molecular formula is C16H28. The summed E-state index contributed by atoms with van der Waals surface area (Å²) < 4.78 is 0. The van der Waals surface area contributed by atoms with Crippen LogP contribution in [0.1, 0.15) is 77.0 Å². The predicted molar refractivity (Wildman–Crippen MR) is 69.4 cm³/mol. The summed E-state index contributed by atoms with van der Waals surface area (Å²) in [5, 5.41) is 0. The van der Waals surface area contributed by atoms with Crippen LogP contribution in [0.25, 0.3) is 0 Å². The van der Waals surface area contributed by atoms with Crippen molar-refractivity contribution < 1.29 is 0 Å². The van der Waals surface area contributed by atoms with E-state index in [4.69, 9.17) is 0 Å². The Bertz CT molecular complexity index is 176. The first-order valence-corrected chi connectivity index (χ1v) is 7.93. The van der Waals surface area contributed by atoms with E-state index in [9.17, 15) is 0 Å². The molecule has 4 atom stereocenters. The van der Waals surface area contributed by atoms with Crippen molar-refractivity contribution in [2.75, 3.05) is 0 Å². The number of rotatable bonds is 0. The van der Waals surface area contributed by atoms with Gasteiger partial charge in [0.2, 0.25) is 0 Å². The zero-order valence-electron chi connectivity index (χ0n) is 10.8. The first-order valence-electron chi connectivity index (χ1n) is 7.93. The summed E-state index contributed by atoms with van der Waals surface area (Å²) in [4.78, 5) is 0. The third-order valence-electron chi connectivity index (χ3n) is 5.84. The molecule has 92 valence electrons. The highest BCUT2D eigenvalue weighted by Gasteiger charge is 2.37.